The van der Waals surface area contributed by atoms with Crippen LogP contribution >= 0.6 is 0 Å². The van der Waals surface area contributed by atoms with Crippen LogP contribution in [0.2, 0.25) is 0 Å². The van der Waals surface area contributed by atoms with Crippen molar-refractivity contribution in [2.45, 2.75) is 25.2 Å². The first-order valence-electron chi connectivity index (χ1n) is 8.29. The molecular weight excluding hydrogens is 312 g/mol. The summed E-state index contributed by atoms with van der Waals surface area (Å²) in [7, 11) is 0. The number of amides is 1. The van der Waals surface area contributed by atoms with Gasteiger partial charge >= 0.3 is 0 Å². The molecule has 1 fully saturated rings. The highest BCUT2D eigenvalue weighted by Gasteiger charge is 2.45. The summed E-state index contributed by atoms with van der Waals surface area (Å²) in [5, 5.41) is 21.5. The Hall–Kier alpha value is -3.06. The van der Waals surface area contributed by atoms with Gasteiger partial charge in [-0.3, -0.25) is 4.79 Å². The van der Waals surface area contributed by atoms with Crippen molar-refractivity contribution in [1.82, 2.24) is 5.32 Å². The average molecular weight is 332 g/mol. The third-order valence-electron chi connectivity index (χ3n) is 4.73. The molecule has 2 N–H and O–H groups in total. The summed E-state index contributed by atoms with van der Waals surface area (Å²) in [4.78, 5) is 12.4. The number of benzene rings is 2. The van der Waals surface area contributed by atoms with Crippen LogP contribution in [0, 0.1) is 18.3 Å². The van der Waals surface area contributed by atoms with Crippen LogP contribution in [0.25, 0.3) is 6.08 Å². The molecule has 2 aromatic rings. The van der Waals surface area contributed by atoms with Crippen molar-refractivity contribution in [2.24, 2.45) is 0 Å². The minimum Gasteiger partial charge on any atom is -0.508 e. The molecule has 25 heavy (non-hydrogen) atoms. The van der Waals surface area contributed by atoms with Crippen molar-refractivity contribution in [3.05, 3.63) is 70.8 Å². The Balaban J connectivity index is 1.70. The van der Waals surface area contributed by atoms with E-state index < -0.39 is 0 Å². The van der Waals surface area contributed by atoms with E-state index in [1.54, 1.807) is 12.1 Å². The molecule has 0 unspecified atom stereocenters. The Labute approximate surface area is 147 Å². The zero-order valence-corrected chi connectivity index (χ0v) is 14.1. The van der Waals surface area contributed by atoms with Crippen molar-refractivity contribution in [3.63, 3.8) is 0 Å². The van der Waals surface area contributed by atoms with Crippen LogP contribution in [0.15, 0.2) is 54.1 Å². The Morgan fingerprint density at radius 3 is 2.52 bits per heavy atom. The number of nitrogens with one attached hydrogen (secondary N) is 1. The van der Waals surface area contributed by atoms with Crippen molar-refractivity contribution >= 4 is 12.0 Å². The molecule has 1 aliphatic rings. The fourth-order valence-electron chi connectivity index (χ4n) is 3.09. The zero-order chi connectivity index (χ0) is 17.9. The van der Waals surface area contributed by atoms with E-state index in [2.05, 4.69) is 24.4 Å². The molecule has 3 rings (SSSR count). The molecule has 126 valence electrons. The first-order valence-corrected chi connectivity index (χ1v) is 8.29. The minimum atomic E-state index is -0.365. The molecule has 2 aromatic carbocycles. The minimum absolute atomic E-state index is 0.000105. The maximum absolute atomic E-state index is 12.4. The molecule has 1 saturated carbocycles. The first-order chi connectivity index (χ1) is 12.0. The van der Waals surface area contributed by atoms with Gasteiger partial charge in [-0.2, -0.15) is 5.26 Å². The van der Waals surface area contributed by atoms with Crippen LogP contribution in [0.3, 0.4) is 0 Å². The van der Waals surface area contributed by atoms with Gasteiger partial charge in [0.2, 0.25) is 0 Å². The van der Waals surface area contributed by atoms with Crippen molar-refractivity contribution in [3.8, 4) is 11.8 Å². The standard InChI is InChI=1S/C21H20N2O2/c1-15-4-2-3-5-19(15)21(10-11-21)14-23-20(25)17(13-22)12-16-6-8-18(24)9-7-16/h2-9,12,24H,10-11,14H2,1H3,(H,23,25)/b17-12-. The normalized spacial score (nSPS) is 15.3. The lowest BCUT2D eigenvalue weighted by molar-refractivity contribution is -0.117. The highest BCUT2D eigenvalue weighted by atomic mass is 16.3. The molecule has 0 heterocycles. The number of nitrogens with zero attached hydrogens (tertiary/aromatic N) is 1. The van der Waals surface area contributed by atoms with E-state index in [4.69, 9.17) is 0 Å². The van der Waals surface area contributed by atoms with Gasteiger partial charge in [-0.1, -0.05) is 36.4 Å². The number of aryl methyl sites for hydroxylation is 1. The number of carbonyl (C=O) groups excluding carboxylic acids is 1. The van der Waals surface area contributed by atoms with E-state index in [-0.39, 0.29) is 22.6 Å². The predicted molar refractivity (Wildman–Crippen MR) is 96.8 cm³/mol. The third-order valence-corrected chi connectivity index (χ3v) is 4.73. The van der Waals surface area contributed by atoms with Gasteiger partial charge in [0, 0.05) is 12.0 Å². The van der Waals surface area contributed by atoms with Gasteiger partial charge in [0.25, 0.3) is 5.91 Å². The molecule has 4 nitrogen and oxygen atoms in total. The quantitative estimate of drug-likeness (QED) is 0.650. The van der Waals surface area contributed by atoms with Crippen LogP contribution < -0.4 is 5.32 Å². The molecule has 0 bridgehead atoms. The van der Waals surface area contributed by atoms with Gasteiger partial charge < -0.3 is 10.4 Å². The van der Waals surface area contributed by atoms with Crippen LogP contribution in [0.5, 0.6) is 5.75 Å². The predicted octanol–water partition coefficient (Wildman–Crippen LogP) is 3.46. The van der Waals surface area contributed by atoms with Crippen LogP contribution in [0.4, 0.5) is 0 Å². The smallest absolute Gasteiger partial charge is 0.261 e. The number of hydrogen-bond acceptors (Lipinski definition) is 3. The molecule has 0 spiro atoms. The summed E-state index contributed by atoms with van der Waals surface area (Å²) in [6, 6.07) is 16.6. The summed E-state index contributed by atoms with van der Waals surface area (Å²) in [6.07, 6.45) is 3.62. The van der Waals surface area contributed by atoms with Gasteiger partial charge in [-0.15, -0.1) is 0 Å². The lowest BCUT2D eigenvalue weighted by Gasteiger charge is -2.18. The number of aromatic hydroxyl groups is 1. The molecule has 0 aliphatic heterocycles. The SMILES string of the molecule is Cc1ccccc1C1(CNC(=O)/C(C#N)=C\c2ccc(O)cc2)CC1. The number of phenols is 1. The molecule has 1 aliphatic carbocycles. The molecule has 0 radical (unpaired) electrons. The summed E-state index contributed by atoms with van der Waals surface area (Å²) in [5.74, 6) is -0.218. The Morgan fingerprint density at radius 1 is 1.24 bits per heavy atom. The lowest BCUT2D eigenvalue weighted by Crippen LogP contribution is -2.33. The van der Waals surface area contributed by atoms with Crippen molar-refractivity contribution < 1.29 is 9.90 Å². The molecule has 4 heteroatoms. The maximum atomic E-state index is 12.4. The van der Waals surface area contributed by atoms with Crippen LogP contribution in [0.1, 0.15) is 29.5 Å². The number of hydrogen-bond donors (Lipinski definition) is 2. The molecular formula is C21H20N2O2. The number of carbonyl (C=O) groups is 1. The highest BCUT2D eigenvalue weighted by molar-refractivity contribution is 6.01. The first kappa shape index (κ1) is 16.8. The molecule has 0 aromatic heterocycles. The third kappa shape index (κ3) is 3.72. The Morgan fingerprint density at radius 2 is 1.92 bits per heavy atom. The Kier molecular flexibility index (Phi) is 4.58. The highest BCUT2D eigenvalue weighted by Crippen LogP contribution is 2.48. The van der Waals surface area contributed by atoms with E-state index in [1.165, 1.54) is 29.3 Å². The van der Waals surface area contributed by atoms with Crippen LogP contribution in [-0.2, 0) is 10.2 Å². The zero-order valence-electron chi connectivity index (χ0n) is 14.1. The van der Waals surface area contributed by atoms with E-state index in [0.717, 1.165) is 12.8 Å². The van der Waals surface area contributed by atoms with Crippen molar-refractivity contribution in [2.75, 3.05) is 6.54 Å². The largest absolute Gasteiger partial charge is 0.508 e. The number of nitriles is 1. The van der Waals surface area contributed by atoms with E-state index in [9.17, 15) is 15.2 Å². The Bertz CT molecular complexity index is 856. The summed E-state index contributed by atoms with van der Waals surface area (Å²) >= 11 is 0. The van der Waals surface area contributed by atoms with Crippen molar-refractivity contribution in [1.29, 1.82) is 5.26 Å². The average Bonchev–Trinajstić information content (AvgIpc) is 3.40. The van der Waals surface area contributed by atoms with E-state index in [1.807, 2.05) is 18.2 Å². The maximum Gasteiger partial charge on any atom is 0.261 e. The summed E-state index contributed by atoms with van der Waals surface area (Å²) in [5.41, 5.74) is 3.27. The number of phenolic OH excluding ortho intramolecular Hbond substituents is 1. The van der Waals surface area contributed by atoms with Gasteiger partial charge in [-0.05, 0) is 54.7 Å². The molecule has 0 saturated heterocycles. The monoisotopic (exact) mass is 332 g/mol. The van der Waals surface area contributed by atoms with Gasteiger partial charge in [0.1, 0.15) is 17.4 Å². The van der Waals surface area contributed by atoms with Gasteiger partial charge in [0.15, 0.2) is 0 Å². The van der Waals surface area contributed by atoms with E-state index >= 15 is 0 Å². The second kappa shape index (κ2) is 6.82. The van der Waals surface area contributed by atoms with Gasteiger partial charge in [0.05, 0.1) is 0 Å². The summed E-state index contributed by atoms with van der Waals surface area (Å²) in [6.45, 7) is 2.62. The fraction of sp³-hybridized carbons (Fsp3) is 0.238. The number of rotatable bonds is 5. The van der Waals surface area contributed by atoms with E-state index in [0.29, 0.717) is 12.1 Å². The van der Waals surface area contributed by atoms with Crippen LogP contribution in [-0.4, -0.2) is 17.6 Å². The lowest BCUT2D eigenvalue weighted by atomic mass is 9.92. The van der Waals surface area contributed by atoms with Gasteiger partial charge in [-0.25, -0.2) is 0 Å². The topological polar surface area (TPSA) is 73.1 Å². The molecule has 1 amide bonds. The molecule has 0 atom stereocenters. The second-order valence-corrected chi connectivity index (χ2v) is 6.54. The fourth-order valence-corrected chi connectivity index (χ4v) is 3.09. The summed E-state index contributed by atoms with van der Waals surface area (Å²) < 4.78 is 0. The second-order valence-electron chi connectivity index (χ2n) is 6.54.